The smallest absolute Gasteiger partial charge is 0.334 e. The molecule has 4 rings (SSSR count). The number of carbonyl (C=O) groups excluding carboxylic acids is 2. The van der Waals surface area contributed by atoms with Crippen molar-refractivity contribution in [2.45, 2.75) is 57.3 Å². The average molecular weight is 342 g/mol. The van der Waals surface area contributed by atoms with Crippen LogP contribution in [-0.2, 0) is 14.3 Å². The third kappa shape index (κ3) is 2.65. The van der Waals surface area contributed by atoms with E-state index in [1.54, 1.807) is 17.0 Å². The second-order valence-corrected chi connectivity index (χ2v) is 7.31. The summed E-state index contributed by atoms with van der Waals surface area (Å²) < 4.78 is 13.0. The van der Waals surface area contributed by atoms with Crippen molar-refractivity contribution in [2.24, 2.45) is 5.92 Å². The van der Waals surface area contributed by atoms with Gasteiger partial charge in [0.05, 0.1) is 5.60 Å². The predicted octanol–water partition coefficient (Wildman–Crippen LogP) is 2.59. The van der Waals surface area contributed by atoms with Crippen molar-refractivity contribution >= 4 is 11.9 Å². The fourth-order valence-electron chi connectivity index (χ4n) is 4.00. The molecule has 1 aromatic rings. The number of rotatable bonds is 1. The van der Waals surface area contributed by atoms with Crippen molar-refractivity contribution in [3.63, 3.8) is 0 Å². The maximum atomic E-state index is 12.9. The number of aromatic nitrogens is 2. The summed E-state index contributed by atoms with van der Waals surface area (Å²) in [6.07, 6.45) is 7.75. The van der Waals surface area contributed by atoms with Crippen molar-refractivity contribution in [2.75, 3.05) is 0 Å². The Morgan fingerprint density at radius 3 is 3.00 bits per heavy atom. The number of carbonyl (C=O) groups is 2. The number of aryl methyl sites for hydroxylation is 1. The van der Waals surface area contributed by atoms with Gasteiger partial charge in [-0.1, -0.05) is 12.7 Å². The lowest BCUT2D eigenvalue weighted by Crippen LogP contribution is -2.29. The molecule has 0 saturated carbocycles. The van der Waals surface area contributed by atoms with Crippen LogP contribution in [0.15, 0.2) is 36.2 Å². The summed E-state index contributed by atoms with van der Waals surface area (Å²) in [5.41, 5.74) is 0.949. The topological polar surface area (TPSA) is 73.7 Å². The molecule has 2 aliphatic heterocycles. The lowest BCUT2D eigenvalue weighted by molar-refractivity contribution is -0.140. The number of allylic oxidation sites excluding steroid dienone is 2. The van der Waals surface area contributed by atoms with E-state index in [0.717, 1.165) is 18.4 Å². The highest BCUT2D eigenvalue weighted by Crippen LogP contribution is 2.49. The number of esters is 1. The Labute approximate surface area is 146 Å². The molecule has 0 unspecified atom stereocenters. The van der Waals surface area contributed by atoms with Gasteiger partial charge in [-0.25, -0.2) is 9.78 Å². The van der Waals surface area contributed by atoms with Crippen LogP contribution in [0.1, 0.15) is 43.2 Å². The molecule has 25 heavy (non-hydrogen) atoms. The Morgan fingerprint density at radius 1 is 1.48 bits per heavy atom. The normalized spacial score (nSPS) is 34.6. The van der Waals surface area contributed by atoms with Crippen LogP contribution in [0.5, 0.6) is 0 Å². The van der Waals surface area contributed by atoms with Gasteiger partial charge in [0.25, 0.3) is 5.91 Å². The van der Waals surface area contributed by atoms with E-state index < -0.39 is 0 Å². The standard InChI is InChI=1S/C19H22N2O4/c1-11-14-7-6-13(17(22)21-10-9-20-12(21)2)5-4-8-19(3)16(25-19)15(14)24-18(11)23/h5,9-10,14-16H,1,4,6-8H2,2-3H3/t14-,15-,16-,19+/m0/s1. The van der Waals surface area contributed by atoms with Gasteiger partial charge in [-0.05, 0) is 39.5 Å². The second-order valence-electron chi connectivity index (χ2n) is 7.31. The monoisotopic (exact) mass is 342 g/mol. The quantitative estimate of drug-likeness (QED) is 0.445. The Bertz CT molecular complexity index is 793. The van der Waals surface area contributed by atoms with E-state index in [1.807, 2.05) is 19.9 Å². The second kappa shape index (κ2) is 5.66. The minimum atomic E-state index is -0.339. The number of nitrogens with zero attached hydrogens (tertiary/aromatic N) is 2. The molecule has 2 saturated heterocycles. The van der Waals surface area contributed by atoms with Gasteiger partial charge >= 0.3 is 5.97 Å². The van der Waals surface area contributed by atoms with Crippen LogP contribution in [0, 0.1) is 12.8 Å². The summed E-state index contributed by atoms with van der Waals surface area (Å²) in [6, 6.07) is 0. The lowest BCUT2D eigenvalue weighted by atomic mass is 9.83. The van der Waals surface area contributed by atoms with E-state index in [4.69, 9.17) is 9.47 Å². The van der Waals surface area contributed by atoms with E-state index >= 15 is 0 Å². The van der Waals surface area contributed by atoms with Crippen LogP contribution in [0.2, 0.25) is 0 Å². The van der Waals surface area contributed by atoms with Crippen LogP contribution in [-0.4, -0.2) is 39.2 Å². The van der Waals surface area contributed by atoms with Gasteiger partial charge < -0.3 is 9.47 Å². The molecule has 3 aliphatic rings. The molecule has 0 bridgehead atoms. The van der Waals surface area contributed by atoms with Gasteiger partial charge in [-0.2, -0.15) is 0 Å². The van der Waals surface area contributed by atoms with Gasteiger partial charge in [0.1, 0.15) is 18.0 Å². The minimum absolute atomic E-state index is 0.0543. The first kappa shape index (κ1) is 16.3. The van der Waals surface area contributed by atoms with Gasteiger partial charge in [-0.3, -0.25) is 9.36 Å². The summed E-state index contributed by atoms with van der Waals surface area (Å²) in [4.78, 5) is 29.0. The first-order chi connectivity index (χ1) is 11.9. The van der Waals surface area contributed by atoms with Gasteiger partial charge in [0.15, 0.2) is 0 Å². The molecule has 2 fully saturated rings. The first-order valence-corrected chi connectivity index (χ1v) is 8.72. The Balaban J connectivity index is 1.62. The van der Waals surface area contributed by atoms with E-state index in [0.29, 0.717) is 24.2 Å². The number of fused-ring (bicyclic) bond motifs is 3. The number of hydrogen-bond donors (Lipinski definition) is 0. The highest BCUT2D eigenvalue weighted by atomic mass is 16.6. The average Bonchev–Trinajstić information content (AvgIpc) is 2.90. The van der Waals surface area contributed by atoms with Crippen molar-refractivity contribution in [1.82, 2.24) is 9.55 Å². The molecule has 1 aromatic heterocycles. The zero-order valence-corrected chi connectivity index (χ0v) is 14.5. The van der Waals surface area contributed by atoms with Crippen molar-refractivity contribution in [3.8, 4) is 0 Å². The van der Waals surface area contributed by atoms with Crippen molar-refractivity contribution in [3.05, 3.63) is 42.0 Å². The first-order valence-electron chi connectivity index (χ1n) is 8.72. The zero-order valence-electron chi connectivity index (χ0n) is 14.5. The largest absolute Gasteiger partial charge is 0.455 e. The summed E-state index contributed by atoms with van der Waals surface area (Å²) >= 11 is 0. The summed E-state index contributed by atoms with van der Waals surface area (Å²) in [5.74, 6) is 0.176. The maximum absolute atomic E-state index is 12.9. The van der Waals surface area contributed by atoms with Crippen LogP contribution >= 0.6 is 0 Å². The minimum Gasteiger partial charge on any atom is -0.455 e. The van der Waals surface area contributed by atoms with Crippen molar-refractivity contribution in [1.29, 1.82) is 0 Å². The Kier molecular flexibility index (Phi) is 3.68. The molecule has 1 aliphatic carbocycles. The molecule has 0 spiro atoms. The van der Waals surface area contributed by atoms with Crippen LogP contribution < -0.4 is 0 Å². The molecule has 3 heterocycles. The molecule has 6 heteroatoms. The molecule has 4 atom stereocenters. The Morgan fingerprint density at radius 2 is 2.28 bits per heavy atom. The fourth-order valence-corrected chi connectivity index (χ4v) is 4.00. The third-order valence-electron chi connectivity index (χ3n) is 5.66. The molecule has 0 aromatic carbocycles. The molecule has 132 valence electrons. The van der Waals surface area contributed by atoms with Crippen LogP contribution in [0.4, 0.5) is 0 Å². The summed E-state index contributed by atoms with van der Waals surface area (Å²) in [5, 5.41) is 0. The number of ether oxygens (including phenoxy) is 2. The summed E-state index contributed by atoms with van der Waals surface area (Å²) in [7, 11) is 0. The SMILES string of the molecule is C=C1C(=O)O[C@H]2[C@H]1CCC(C(=O)n1ccnc1C)=CCC[C@@]1(C)O[C@@H]21. The third-order valence-corrected chi connectivity index (χ3v) is 5.66. The molecular weight excluding hydrogens is 320 g/mol. The molecule has 0 N–H and O–H groups in total. The van der Waals surface area contributed by atoms with E-state index in [2.05, 4.69) is 11.6 Å². The van der Waals surface area contributed by atoms with Gasteiger partial charge in [0.2, 0.25) is 0 Å². The van der Waals surface area contributed by atoms with E-state index in [1.165, 1.54) is 0 Å². The molecule has 0 amide bonds. The summed E-state index contributed by atoms with van der Waals surface area (Å²) in [6.45, 7) is 7.76. The van der Waals surface area contributed by atoms with E-state index in [9.17, 15) is 9.59 Å². The number of imidazole rings is 1. The van der Waals surface area contributed by atoms with Gasteiger partial charge in [0, 0.05) is 29.5 Å². The zero-order chi connectivity index (χ0) is 17.8. The van der Waals surface area contributed by atoms with E-state index in [-0.39, 0.29) is 35.6 Å². The number of hydrogen-bond acceptors (Lipinski definition) is 5. The number of epoxide rings is 1. The van der Waals surface area contributed by atoms with Crippen molar-refractivity contribution < 1.29 is 19.1 Å². The maximum Gasteiger partial charge on any atom is 0.334 e. The molecular formula is C19H22N2O4. The molecule has 6 nitrogen and oxygen atoms in total. The lowest BCUT2D eigenvalue weighted by Gasteiger charge is -2.19. The fraction of sp³-hybridized carbons (Fsp3) is 0.526. The van der Waals surface area contributed by atoms with Crippen LogP contribution in [0.25, 0.3) is 0 Å². The van der Waals surface area contributed by atoms with Crippen LogP contribution in [0.3, 0.4) is 0 Å². The predicted molar refractivity (Wildman–Crippen MR) is 89.9 cm³/mol. The van der Waals surface area contributed by atoms with Gasteiger partial charge in [-0.15, -0.1) is 0 Å². The molecule has 0 radical (unpaired) electrons. The highest BCUT2D eigenvalue weighted by molar-refractivity contribution is 5.96. The Hall–Kier alpha value is -2.21. The highest BCUT2D eigenvalue weighted by Gasteiger charge is 2.61.